The number of aliphatic hydroxyl groups excluding tert-OH is 14. The quantitative estimate of drug-likeness (QED) is 0.0251. The number of hydrogen-bond donors (Lipinski definition) is 19. The number of aliphatic hydroxyl groups is 14. The monoisotopic (exact) mass is 1420 g/mol. The minimum atomic E-state index is -3.39. The smallest absolute Gasteiger partial charge is 0.364 e. The van der Waals surface area contributed by atoms with Crippen molar-refractivity contribution in [3.8, 4) is 0 Å². The summed E-state index contributed by atoms with van der Waals surface area (Å²) in [6.07, 6.45) is -13.8. The summed E-state index contributed by atoms with van der Waals surface area (Å²) in [5.74, 6) is -13.1. The van der Waals surface area contributed by atoms with Crippen LogP contribution in [-0.4, -0.2) is 290 Å². The van der Waals surface area contributed by atoms with E-state index in [9.17, 15) is 106 Å². The van der Waals surface area contributed by atoms with Gasteiger partial charge in [0.25, 0.3) is 11.6 Å². The first kappa shape index (κ1) is 86.6. The molecule has 4 saturated heterocycles. The normalized spacial score (nSPS) is 32.6. The van der Waals surface area contributed by atoms with E-state index in [0.29, 0.717) is 12.8 Å². The number of aliphatic carboxylic acids is 2. The standard InChI is InChI=1S/C66H117N3O29/c1-5-7-9-11-13-15-17-18-20-21-23-25-27-29-41(76)40(69-48(80)30-28-26-24-22-19-16-14-12-10-8-6-2)37-91-61-55(85)54(84)57(47(36-73)93-61)94-62-56(86)60(52(82)45(34-71)92-62)98-66(64(89)90)32-43(78)50(68-39(4)75)59(97-66)53(83)46(35-72)95-65(63(87)88)31-42(77)49(67-38(3)74)58(96-65)51(81)44(79)33-70/h27,29,40-47,49-62,70-73,76-79,81-86H,5-26,28,30-37H2,1-4H3,(H,67,74)(H,68,75)(H,69,80)(H,87,88)(H,89,90)/b29-27-/t40-,41+,42-,43-,44+,45+,46+,47+,49+,50+,51+,52-,53+,54+,55+,56+,57+,58?,59?,60-,61+,62-,65+,66-/m0/s1. The number of carbonyl (C=O) groups excluding carboxylic acids is 3. The van der Waals surface area contributed by atoms with Gasteiger partial charge in [0, 0.05) is 33.1 Å². The Kier molecular flexibility index (Phi) is 39.5. The molecular weight excluding hydrogens is 1300 g/mol. The highest BCUT2D eigenvalue weighted by Crippen LogP contribution is 2.41. The second kappa shape index (κ2) is 44.7. The number of ether oxygens (including phenoxy) is 8. The van der Waals surface area contributed by atoms with Crippen molar-refractivity contribution in [3.63, 3.8) is 0 Å². The van der Waals surface area contributed by atoms with E-state index in [1.165, 1.54) is 83.5 Å². The van der Waals surface area contributed by atoms with E-state index in [1.807, 2.05) is 6.08 Å². The lowest BCUT2D eigenvalue weighted by Crippen LogP contribution is -2.72. The number of carboxylic acids is 2. The lowest BCUT2D eigenvalue weighted by Gasteiger charge is -2.51. The highest BCUT2D eigenvalue weighted by molar-refractivity contribution is 5.78. The molecule has 0 spiro atoms. The molecule has 4 rings (SSSR count). The second-order valence-electron chi connectivity index (χ2n) is 26.5. The molecule has 0 aromatic rings. The van der Waals surface area contributed by atoms with Gasteiger partial charge in [-0.05, 0) is 19.3 Å². The van der Waals surface area contributed by atoms with Gasteiger partial charge in [0.1, 0.15) is 85.5 Å². The average Bonchev–Trinajstić information content (AvgIpc) is 0.756. The molecular formula is C66H117N3O29. The van der Waals surface area contributed by atoms with Crippen molar-refractivity contribution in [2.45, 2.75) is 341 Å². The van der Waals surface area contributed by atoms with Crippen LogP contribution in [0.4, 0.5) is 0 Å². The molecule has 2 unspecified atom stereocenters. The maximum absolute atomic E-state index is 13.6. The Labute approximate surface area is 573 Å². The number of carboxylic acid groups (broad SMARTS) is 2. The molecule has 4 fully saturated rings. The SMILES string of the molecule is CCCCCCCCCCCCC/C=C\[C@@H](O)[C@H](CO[C@@H]1O[C@H](CO)[C@@H](O[C@@H]2O[C@H](CO)[C@H](O)[C@H](O[C@]3(C(=O)O)C[C@H](O)[C@@H](NC(C)=O)C([C@H](O)[C@@H](CO)O[C@]4(C(=O)O)C[C@H](O)[C@@H](NC(C)=O)C([C@H](O)[C@H](O)CO)O4)O3)[C@H]2O)[C@H](O)[C@H]1O)NC(=O)CCCCCCCCCCCCC. The first-order valence-corrected chi connectivity index (χ1v) is 35.2. The van der Waals surface area contributed by atoms with Crippen LogP contribution in [0, 0.1) is 0 Å². The Morgan fingerprint density at radius 1 is 0.551 bits per heavy atom. The minimum absolute atomic E-state index is 0.154. The molecule has 4 heterocycles. The van der Waals surface area contributed by atoms with E-state index in [4.69, 9.17) is 37.9 Å². The van der Waals surface area contributed by atoms with Crippen molar-refractivity contribution >= 4 is 29.7 Å². The van der Waals surface area contributed by atoms with Crippen molar-refractivity contribution in [2.24, 2.45) is 0 Å². The summed E-state index contributed by atoms with van der Waals surface area (Å²) >= 11 is 0. The number of allylic oxidation sites excluding steroid dienone is 1. The van der Waals surface area contributed by atoms with Crippen molar-refractivity contribution in [1.82, 2.24) is 16.0 Å². The summed E-state index contributed by atoms with van der Waals surface area (Å²) in [6, 6.07) is -4.72. The van der Waals surface area contributed by atoms with Crippen LogP contribution in [0.15, 0.2) is 12.2 Å². The molecule has 24 atom stereocenters. The van der Waals surface area contributed by atoms with Gasteiger partial charge >= 0.3 is 11.9 Å². The molecule has 0 radical (unpaired) electrons. The van der Waals surface area contributed by atoms with Gasteiger partial charge in [0.2, 0.25) is 17.7 Å². The Bertz CT molecular complexity index is 2330. The fourth-order valence-electron chi connectivity index (χ4n) is 12.8. The first-order valence-electron chi connectivity index (χ1n) is 35.2. The third kappa shape index (κ3) is 26.2. The van der Waals surface area contributed by atoms with Gasteiger partial charge in [0.15, 0.2) is 12.6 Å². The van der Waals surface area contributed by atoms with Crippen LogP contribution >= 0.6 is 0 Å². The van der Waals surface area contributed by atoms with Crippen LogP contribution in [0.25, 0.3) is 0 Å². The zero-order valence-electron chi connectivity index (χ0n) is 57.2. The Morgan fingerprint density at radius 2 is 1.02 bits per heavy atom. The Balaban J connectivity index is 1.53. The fraction of sp³-hybridized carbons (Fsp3) is 0.894. The lowest BCUT2D eigenvalue weighted by molar-refractivity contribution is -0.388. The van der Waals surface area contributed by atoms with E-state index < -0.39 is 216 Å². The predicted molar refractivity (Wildman–Crippen MR) is 344 cm³/mol. The Morgan fingerprint density at radius 3 is 1.50 bits per heavy atom. The molecule has 4 aliphatic rings. The topological polar surface area (TPSA) is 519 Å². The molecule has 0 aromatic heterocycles. The highest BCUT2D eigenvalue weighted by Gasteiger charge is 2.62. The summed E-state index contributed by atoms with van der Waals surface area (Å²) in [6.45, 7) is 1.06. The number of unbranched alkanes of at least 4 members (excludes halogenated alkanes) is 21. The van der Waals surface area contributed by atoms with Crippen LogP contribution in [0.1, 0.15) is 195 Å². The van der Waals surface area contributed by atoms with E-state index in [2.05, 4.69) is 29.8 Å². The van der Waals surface area contributed by atoms with E-state index >= 15 is 0 Å². The molecule has 98 heavy (non-hydrogen) atoms. The molecule has 32 heteroatoms. The van der Waals surface area contributed by atoms with Crippen LogP contribution in [0.5, 0.6) is 0 Å². The number of amides is 3. The van der Waals surface area contributed by atoms with Gasteiger partial charge in [-0.25, -0.2) is 9.59 Å². The molecule has 3 amide bonds. The number of nitrogens with one attached hydrogen (secondary N) is 3. The van der Waals surface area contributed by atoms with Gasteiger partial charge in [0.05, 0.1) is 69.5 Å². The highest BCUT2D eigenvalue weighted by atomic mass is 16.8. The summed E-state index contributed by atoms with van der Waals surface area (Å²) in [7, 11) is 0. The van der Waals surface area contributed by atoms with Crippen molar-refractivity contribution in [3.05, 3.63) is 12.2 Å². The zero-order chi connectivity index (χ0) is 72.7. The largest absolute Gasteiger partial charge is 0.477 e. The molecule has 0 bridgehead atoms. The average molecular weight is 1420 g/mol. The summed E-state index contributed by atoms with van der Waals surface area (Å²) < 4.78 is 46.4. The third-order valence-electron chi connectivity index (χ3n) is 18.5. The van der Waals surface area contributed by atoms with Crippen LogP contribution < -0.4 is 16.0 Å². The molecule has 570 valence electrons. The molecule has 0 aromatic carbocycles. The lowest BCUT2D eigenvalue weighted by atomic mass is 9.87. The van der Waals surface area contributed by atoms with Crippen molar-refractivity contribution in [1.29, 1.82) is 0 Å². The maximum atomic E-state index is 13.6. The molecule has 0 aliphatic carbocycles. The number of carbonyl (C=O) groups is 5. The molecule has 0 saturated carbocycles. The minimum Gasteiger partial charge on any atom is -0.477 e. The van der Waals surface area contributed by atoms with Crippen LogP contribution in [-0.2, 0) is 61.9 Å². The number of hydrogen-bond acceptors (Lipinski definition) is 27. The van der Waals surface area contributed by atoms with Crippen molar-refractivity contribution < 1.29 is 144 Å². The van der Waals surface area contributed by atoms with Gasteiger partial charge in [-0.15, -0.1) is 0 Å². The summed E-state index contributed by atoms with van der Waals surface area (Å²) in [5, 5.41) is 185. The fourth-order valence-corrected chi connectivity index (χ4v) is 12.8. The Hall–Kier alpha value is -3.79. The predicted octanol–water partition coefficient (Wildman–Crippen LogP) is -1.22. The molecule has 32 nitrogen and oxygen atoms in total. The van der Waals surface area contributed by atoms with Crippen molar-refractivity contribution in [2.75, 3.05) is 33.0 Å². The first-order chi connectivity index (χ1) is 46.7. The maximum Gasteiger partial charge on any atom is 0.364 e. The zero-order valence-corrected chi connectivity index (χ0v) is 57.2. The van der Waals surface area contributed by atoms with Gasteiger partial charge < -0.3 is 136 Å². The second-order valence-corrected chi connectivity index (χ2v) is 26.5. The summed E-state index contributed by atoms with van der Waals surface area (Å²) in [5.41, 5.74) is 0. The summed E-state index contributed by atoms with van der Waals surface area (Å²) in [4.78, 5) is 64.8. The molecule has 4 aliphatic heterocycles. The third-order valence-corrected chi connectivity index (χ3v) is 18.5. The van der Waals surface area contributed by atoms with E-state index in [0.717, 1.165) is 65.2 Å². The molecule has 19 N–H and O–H groups in total. The van der Waals surface area contributed by atoms with Gasteiger partial charge in [-0.2, -0.15) is 0 Å². The van der Waals surface area contributed by atoms with Crippen LogP contribution in [0.2, 0.25) is 0 Å². The van der Waals surface area contributed by atoms with Gasteiger partial charge in [-0.1, -0.05) is 154 Å². The van der Waals surface area contributed by atoms with Crippen LogP contribution in [0.3, 0.4) is 0 Å². The van der Waals surface area contributed by atoms with E-state index in [1.54, 1.807) is 6.08 Å². The number of rotatable bonds is 48. The van der Waals surface area contributed by atoms with Gasteiger partial charge in [-0.3, -0.25) is 14.4 Å². The van der Waals surface area contributed by atoms with E-state index in [-0.39, 0.29) is 12.3 Å².